The van der Waals surface area contributed by atoms with Crippen LogP contribution in [-0.4, -0.2) is 59.5 Å². The Balaban J connectivity index is 1.68. The summed E-state index contributed by atoms with van der Waals surface area (Å²) in [6, 6.07) is 0. The van der Waals surface area contributed by atoms with Gasteiger partial charge in [-0.05, 0) is 25.2 Å². The van der Waals surface area contributed by atoms with Gasteiger partial charge in [0.2, 0.25) is 11.8 Å². The van der Waals surface area contributed by atoms with E-state index in [9.17, 15) is 14.7 Å². The number of likely N-dealkylation sites (tertiary alicyclic amines) is 1. The number of aliphatic hydroxyl groups is 1. The molecule has 1 saturated heterocycles. The first kappa shape index (κ1) is 13.3. The van der Waals surface area contributed by atoms with E-state index in [4.69, 9.17) is 0 Å². The molecule has 2 rings (SSSR count). The standard InChI is InChI=1S/C13H22N2O3/c1-14(9-11(16)10-4-5-10)12(17)6-8-15-7-2-3-13(15)18/h10-11,16H,2-9H2,1H3. The van der Waals surface area contributed by atoms with E-state index in [2.05, 4.69) is 0 Å². The quantitative estimate of drug-likeness (QED) is 0.738. The number of carbonyl (C=O) groups is 2. The molecule has 1 heterocycles. The molecule has 0 radical (unpaired) electrons. The highest BCUT2D eigenvalue weighted by atomic mass is 16.3. The highest BCUT2D eigenvalue weighted by Crippen LogP contribution is 2.32. The summed E-state index contributed by atoms with van der Waals surface area (Å²) in [7, 11) is 1.72. The molecule has 1 N–H and O–H groups in total. The van der Waals surface area contributed by atoms with Crippen molar-refractivity contribution in [2.45, 2.75) is 38.2 Å². The summed E-state index contributed by atoms with van der Waals surface area (Å²) in [5.41, 5.74) is 0. The lowest BCUT2D eigenvalue weighted by Crippen LogP contribution is -2.37. The molecule has 1 atom stereocenters. The van der Waals surface area contributed by atoms with Crippen molar-refractivity contribution < 1.29 is 14.7 Å². The van der Waals surface area contributed by atoms with Crippen molar-refractivity contribution >= 4 is 11.8 Å². The zero-order chi connectivity index (χ0) is 13.1. The van der Waals surface area contributed by atoms with Gasteiger partial charge in [0.1, 0.15) is 0 Å². The highest BCUT2D eigenvalue weighted by molar-refractivity contribution is 5.80. The Kier molecular flexibility index (Phi) is 4.22. The van der Waals surface area contributed by atoms with Gasteiger partial charge in [0.15, 0.2) is 0 Å². The molecule has 1 unspecified atom stereocenters. The first-order valence-corrected chi connectivity index (χ1v) is 6.77. The Labute approximate surface area is 108 Å². The van der Waals surface area contributed by atoms with Gasteiger partial charge in [0, 0.05) is 39.5 Å². The third-order valence-corrected chi connectivity index (χ3v) is 3.82. The van der Waals surface area contributed by atoms with E-state index < -0.39 is 0 Å². The van der Waals surface area contributed by atoms with E-state index in [0.29, 0.717) is 31.8 Å². The molecule has 5 heteroatoms. The summed E-state index contributed by atoms with van der Waals surface area (Å²) in [5.74, 6) is 0.554. The molecule has 2 fully saturated rings. The SMILES string of the molecule is CN(CC(O)C1CC1)C(=O)CCN1CCCC1=O. The average molecular weight is 254 g/mol. The zero-order valence-corrected chi connectivity index (χ0v) is 11.0. The van der Waals surface area contributed by atoms with E-state index in [1.54, 1.807) is 16.8 Å². The number of likely N-dealkylation sites (N-methyl/N-ethyl adjacent to an activating group) is 1. The molecule has 0 spiro atoms. The van der Waals surface area contributed by atoms with E-state index >= 15 is 0 Å². The predicted molar refractivity (Wildman–Crippen MR) is 66.8 cm³/mol. The van der Waals surface area contributed by atoms with Gasteiger partial charge in [-0.2, -0.15) is 0 Å². The van der Waals surface area contributed by atoms with Crippen molar-refractivity contribution in [3.05, 3.63) is 0 Å². The zero-order valence-electron chi connectivity index (χ0n) is 11.0. The van der Waals surface area contributed by atoms with Gasteiger partial charge < -0.3 is 14.9 Å². The summed E-state index contributed by atoms with van der Waals surface area (Å²) >= 11 is 0. The third-order valence-electron chi connectivity index (χ3n) is 3.82. The molecule has 0 aromatic heterocycles. The summed E-state index contributed by atoms with van der Waals surface area (Å²) in [6.45, 7) is 1.71. The minimum absolute atomic E-state index is 0.00870. The maximum Gasteiger partial charge on any atom is 0.224 e. The van der Waals surface area contributed by atoms with Gasteiger partial charge in [-0.3, -0.25) is 9.59 Å². The monoisotopic (exact) mass is 254 g/mol. The fraction of sp³-hybridized carbons (Fsp3) is 0.846. The number of hydrogen-bond donors (Lipinski definition) is 1. The Hall–Kier alpha value is -1.10. The number of nitrogens with zero attached hydrogens (tertiary/aromatic N) is 2. The topological polar surface area (TPSA) is 60.9 Å². The van der Waals surface area contributed by atoms with E-state index in [1.165, 1.54) is 0 Å². The molecule has 18 heavy (non-hydrogen) atoms. The van der Waals surface area contributed by atoms with Gasteiger partial charge in [0.05, 0.1) is 6.10 Å². The van der Waals surface area contributed by atoms with Crippen LogP contribution in [0.3, 0.4) is 0 Å². The molecule has 2 amide bonds. The first-order valence-electron chi connectivity index (χ1n) is 6.77. The first-order chi connectivity index (χ1) is 8.58. The normalized spacial score (nSPS) is 21.2. The Morgan fingerprint density at radius 1 is 1.56 bits per heavy atom. The second-order valence-electron chi connectivity index (χ2n) is 5.41. The number of hydrogen-bond acceptors (Lipinski definition) is 3. The molecule has 1 aliphatic heterocycles. The van der Waals surface area contributed by atoms with Crippen molar-refractivity contribution in [3.8, 4) is 0 Å². The lowest BCUT2D eigenvalue weighted by molar-refractivity contribution is -0.133. The molecule has 5 nitrogen and oxygen atoms in total. The van der Waals surface area contributed by atoms with Crippen LogP contribution in [0.4, 0.5) is 0 Å². The van der Waals surface area contributed by atoms with Crippen molar-refractivity contribution in [3.63, 3.8) is 0 Å². The van der Waals surface area contributed by atoms with Crippen LogP contribution in [0.5, 0.6) is 0 Å². The minimum Gasteiger partial charge on any atom is -0.391 e. The molecule has 0 aromatic rings. The van der Waals surface area contributed by atoms with Crippen LogP contribution in [0, 0.1) is 5.92 Å². The second-order valence-corrected chi connectivity index (χ2v) is 5.41. The van der Waals surface area contributed by atoms with Crippen LogP contribution in [-0.2, 0) is 9.59 Å². The molecule has 0 bridgehead atoms. The number of rotatable bonds is 6. The minimum atomic E-state index is -0.382. The summed E-state index contributed by atoms with van der Waals surface area (Å²) in [4.78, 5) is 26.6. The fourth-order valence-electron chi connectivity index (χ4n) is 2.37. The molecule has 0 aromatic carbocycles. The molecule has 1 aliphatic carbocycles. The average Bonchev–Trinajstić information content (AvgIpc) is 3.10. The second kappa shape index (κ2) is 5.69. The molecule has 1 saturated carbocycles. The van der Waals surface area contributed by atoms with Crippen LogP contribution in [0.15, 0.2) is 0 Å². The van der Waals surface area contributed by atoms with Crippen LogP contribution in [0.25, 0.3) is 0 Å². The Bertz CT molecular complexity index is 328. The largest absolute Gasteiger partial charge is 0.391 e. The molecule has 102 valence electrons. The Morgan fingerprint density at radius 2 is 2.28 bits per heavy atom. The highest BCUT2D eigenvalue weighted by Gasteiger charge is 2.31. The van der Waals surface area contributed by atoms with Crippen LogP contribution in [0.2, 0.25) is 0 Å². The summed E-state index contributed by atoms with van der Waals surface area (Å²) < 4.78 is 0. The lowest BCUT2D eigenvalue weighted by Gasteiger charge is -2.22. The van der Waals surface area contributed by atoms with Gasteiger partial charge in [-0.25, -0.2) is 0 Å². The van der Waals surface area contributed by atoms with Gasteiger partial charge in [0.25, 0.3) is 0 Å². The van der Waals surface area contributed by atoms with Crippen LogP contribution >= 0.6 is 0 Å². The van der Waals surface area contributed by atoms with Crippen molar-refractivity contribution in [1.82, 2.24) is 9.80 Å². The smallest absolute Gasteiger partial charge is 0.224 e. The van der Waals surface area contributed by atoms with Gasteiger partial charge in [-0.15, -0.1) is 0 Å². The molecular formula is C13H22N2O3. The van der Waals surface area contributed by atoms with E-state index in [-0.39, 0.29) is 17.9 Å². The fourth-order valence-corrected chi connectivity index (χ4v) is 2.37. The molecule has 2 aliphatic rings. The van der Waals surface area contributed by atoms with Gasteiger partial charge >= 0.3 is 0 Å². The van der Waals surface area contributed by atoms with Crippen LogP contribution < -0.4 is 0 Å². The van der Waals surface area contributed by atoms with Crippen molar-refractivity contribution in [2.24, 2.45) is 5.92 Å². The summed E-state index contributed by atoms with van der Waals surface area (Å²) in [6.07, 6.45) is 3.65. The third kappa shape index (κ3) is 3.45. The van der Waals surface area contributed by atoms with E-state index in [0.717, 1.165) is 25.8 Å². The maximum absolute atomic E-state index is 11.9. The van der Waals surface area contributed by atoms with Gasteiger partial charge in [-0.1, -0.05) is 0 Å². The maximum atomic E-state index is 11.9. The van der Waals surface area contributed by atoms with Crippen molar-refractivity contribution in [1.29, 1.82) is 0 Å². The van der Waals surface area contributed by atoms with Crippen LogP contribution in [0.1, 0.15) is 32.1 Å². The Morgan fingerprint density at radius 3 is 2.83 bits per heavy atom. The summed E-state index contributed by atoms with van der Waals surface area (Å²) in [5, 5.41) is 9.77. The number of aliphatic hydroxyl groups excluding tert-OH is 1. The van der Waals surface area contributed by atoms with Crippen molar-refractivity contribution in [2.75, 3.05) is 26.7 Å². The lowest BCUT2D eigenvalue weighted by atomic mass is 10.2. The predicted octanol–water partition coefficient (Wildman–Crippen LogP) is 0.228. The van der Waals surface area contributed by atoms with E-state index in [1.807, 2.05) is 0 Å². The molecular weight excluding hydrogens is 232 g/mol. The number of carbonyl (C=O) groups excluding carboxylic acids is 2. The number of amides is 2.